The Labute approximate surface area is 158 Å². The summed E-state index contributed by atoms with van der Waals surface area (Å²) in [6.45, 7) is 7.81. The van der Waals surface area contributed by atoms with Crippen LogP contribution in [0.1, 0.15) is 41.4 Å². The summed E-state index contributed by atoms with van der Waals surface area (Å²) in [4.78, 5) is 30.6. The number of hydrogen-bond donors (Lipinski definition) is 1. The first-order valence-corrected chi connectivity index (χ1v) is 9.62. The molecule has 144 valence electrons. The molecule has 0 saturated carbocycles. The number of ketones is 1. The van der Waals surface area contributed by atoms with Crippen molar-refractivity contribution >= 4 is 22.7 Å². The fourth-order valence-corrected chi connectivity index (χ4v) is 3.80. The molecule has 1 unspecified atom stereocenters. The van der Waals surface area contributed by atoms with Gasteiger partial charge in [0.15, 0.2) is 5.78 Å². The molecule has 1 N–H and O–H groups in total. The van der Waals surface area contributed by atoms with Gasteiger partial charge in [-0.1, -0.05) is 0 Å². The second-order valence-electron chi connectivity index (χ2n) is 7.45. The molecule has 1 saturated heterocycles. The summed E-state index contributed by atoms with van der Waals surface area (Å²) in [7, 11) is 0. The average molecular weight is 370 g/mol. The van der Waals surface area contributed by atoms with Crippen LogP contribution in [-0.4, -0.2) is 58.5 Å². The number of carbonyl (C=O) groups excluding carboxylic acids is 2. The van der Waals surface area contributed by atoms with Crippen LogP contribution in [0, 0.1) is 6.92 Å². The number of fused-ring (bicyclic) bond motifs is 3. The van der Waals surface area contributed by atoms with Crippen molar-refractivity contribution in [3.63, 3.8) is 0 Å². The molecule has 0 radical (unpaired) electrons. The Bertz CT molecular complexity index is 885. The molecule has 4 heterocycles. The molecule has 1 atom stereocenters. The largest absolute Gasteiger partial charge is 0.379 e. The van der Waals surface area contributed by atoms with Gasteiger partial charge in [-0.3, -0.25) is 9.59 Å². The van der Waals surface area contributed by atoms with Crippen LogP contribution in [0.5, 0.6) is 0 Å². The number of ether oxygens (including phenoxy) is 1. The molecule has 2 aliphatic rings. The number of Topliss-reactive ketones (excluding diaryl/α,β-unsaturated/α-hetero) is 1. The molecule has 7 heteroatoms. The van der Waals surface area contributed by atoms with E-state index in [1.54, 1.807) is 13.1 Å². The van der Waals surface area contributed by atoms with Crippen LogP contribution < -0.4 is 5.32 Å². The third-order valence-electron chi connectivity index (χ3n) is 5.68. The second kappa shape index (κ2) is 7.40. The van der Waals surface area contributed by atoms with Crippen LogP contribution in [-0.2, 0) is 22.6 Å². The van der Waals surface area contributed by atoms with E-state index in [0.29, 0.717) is 44.3 Å². The maximum absolute atomic E-state index is 12.6. The van der Waals surface area contributed by atoms with Crippen molar-refractivity contribution in [2.75, 3.05) is 26.3 Å². The Hall–Kier alpha value is -2.25. The van der Waals surface area contributed by atoms with Gasteiger partial charge >= 0.3 is 0 Å². The maximum atomic E-state index is 12.6. The van der Waals surface area contributed by atoms with E-state index in [4.69, 9.17) is 4.74 Å². The lowest BCUT2D eigenvalue weighted by Gasteiger charge is -2.30. The number of hydrogen-bond acceptors (Lipinski definition) is 5. The Balaban J connectivity index is 1.43. The Morgan fingerprint density at radius 3 is 2.89 bits per heavy atom. The normalized spacial score (nSPS) is 19.0. The van der Waals surface area contributed by atoms with Gasteiger partial charge in [0.25, 0.3) is 0 Å². The lowest BCUT2D eigenvalue weighted by Crippen LogP contribution is -2.46. The molecule has 7 nitrogen and oxygen atoms in total. The average Bonchev–Trinajstić information content (AvgIpc) is 2.91. The molecule has 0 spiro atoms. The number of pyridine rings is 1. The SMILES string of the molecule is CC(=O)c1cnc2c(c1)c(C)c1n2CCN(C(=O)CCOCC2CCN2)C1. The van der Waals surface area contributed by atoms with Gasteiger partial charge in [0.1, 0.15) is 5.65 Å². The van der Waals surface area contributed by atoms with E-state index >= 15 is 0 Å². The van der Waals surface area contributed by atoms with Crippen LogP contribution in [0.4, 0.5) is 0 Å². The third kappa shape index (κ3) is 3.49. The van der Waals surface area contributed by atoms with Crippen LogP contribution in [0.15, 0.2) is 12.3 Å². The van der Waals surface area contributed by atoms with Gasteiger partial charge < -0.3 is 19.5 Å². The molecule has 2 aromatic heterocycles. The minimum absolute atomic E-state index is 0.0156. The van der Waals surface area contributed by atoms with E-state index < -0.39 is 0 Å². The zero-order valence-corrected chi connectivity index (χ0v) is 16.0. The van der Waals surface area contributed by atoms with Crippen molar-refractivity contribution in [2.24, 2.45) is 0 Å². The molecule has 0 aromatic carbocycles. The summed E-state index contributed by atoms with van der Waals surface area (Å²) < 4.78 is 7.80. The van der Waals surface area contributed by atoms with Crippen molar-refractivity contribution in [1.82, 2.24) is 19.8 Å². The molecular formula is C20H26N4O3. The minimum atomic E-state index is 0.0156. The van der Waals surface area contributed by atoms with Gasteiger partial charge in [0.05, 0.1) is 26.2 Å². The Kier molecular flexibility index (Phi) is 4.97. The molecular weight excluding hydrogens is 344 g/mol. The number of amides is 1. The summed E-state index contributed by atoms with van der Waals surface area (Å²) in [5, 5.41) is 4.29. The van der Waals surface area contributed by atoms with Crippen molar-refractivity contribution in [2.45, 2.75) is 45.8 Å². The molecule has 2 aliphatic heterocycles. The van der Waals surface area contributed by atoms with Gasteiger partial charge in [0.2, 0.25) is 5.91 Å². The van der Waals surface area contributed by atoms with Crippen LogP contribution in [0.25, 0.3) is 11.0 Å². The van der Waals surface area contributed by atoms with E-state index in [-0.39, 0.29) is 11.7 Å². The minimum Gasteiger partial charge on any atom is -0.379 e. The van der Waals surface area contributed by atoms with E-state index in [9.17, 15) is 9.59 Å². The summed E-state index contributed by atoms with van der Waals surface area (Å²) in [6, 6.07) is 2.38. The number of aromatic nitrogens is 2. The van der Waals surface area contributed by atoms with E-state index in [1.807, 2.05) is 17.9 Å². The number of rotatable bonds is 6. The van der Waals surface area contributed by atoms with Gasteiger partial charge in [-0.25, -0.2) is 4.98 Å². The second-order valence-corrected chi connectivity index (χ2v) is 7.45. The highest BCUT2D eigenvalue weighted by atomic mass is 16.5. The lowest BCUT2D eigenvalue weighted by molar-refractivity contribution is -0.133. The summed E-state index contributed by atoms with van der Waals surface area (Å²) in [6.07, 6.45) is 3.21. The predicted molar refractivity (Wildman–Crippen MR) is 102 cm³/mol. The topological polar surface area (TPSA) is 76.5 Å². The monoisotopic (exact) mass is 370 g/mol. The van der Waals surface area contributed by atoms with Gasteiger partial charge in [-0.05, 0) is 38.4 Å². The van der Waals surface area contributed by atoms with Crippen molar-refractivity contribution < 1.29 is 14.3 Å². The third-order valence-corrected chi connectivity index (χ3v) is 5.68. The molecule has 1 fully saturated rings. The van der Waals surface area contributed by atoms with Crippen LogP contribution >= 0.6 is 0 Å². The fraction of sp³-hybridized carbons (Fsp3) is 0.550. The maximum Gasteiger partial charge on any atom is 0.225 e. The summed E-state index contributed by atoms with van der Waals surface area (Å²) in [5.74, 6) is 0.145. The van der Waals surface area contributed by atoms with Gasteiger partial charge in [-0.2, -0.15) is 0 Å². The van der Waals surface area contributed by atoms with Crippen LogP contribution in [0.3, 0.4) is 0 Å². The van der Waals surface area contributed by atoms with E-state index in [0.717, 1.165) is 41.8 Å². The summed E-state index contributed by atoms with van der Waals surface area (Å²) in [5.41, 5.74) is 3.73. The molecule has 0 bridgehead atoms. The van der Waals surface area contributed by atoms with Gasteiger partial charge in [0, 0.05) is 42.0 Å². The highest BCUT2D eigenvalue weighted by molar-refractivity contribution is 5.97. The molecule has 1 amide bonds. The zero-order valence-electron chi connectivity index (χ0n) is 16.0. The number of carbonyl (C=O) groups is 2. The first-order chi connectivity index (χ1) is 13.0. The van der Waals surface area contributed by atoms with Crippen molar-refractivity contribution in [1.29, 1.82) is 0 Å². The number of nitrogens with zero attached hydrogens (tertiary/aromatic N) is 3. The lowest BCUT2D eigenvalue weighted by atomic mass is 10.1. The Morgan fingerprint density at radius 2 is 2.19 bits per heavy atom. The molecule has 2 aromatic rings. The number of aryl methyl sites for hydroxylation is 1. The van der Waals surface area contributed by atoms with Crippen molar-refractivity contribution in [3.05, 3.63) is 29.1 Å². The van der Waals surface area contributed by atoms with Crippen molar-refractivity contribution in [3.8, 4) is 0 Å². The fourth-order valence-electron chi connectivity index (χ4n) is 3.80. The quantitative estimate of drug-likeness (QED) is 0.618. The highest BCUT2D eigenvalue weighted by Gasteiger charge is 2.25. The molecule has 4 rings (SSSR count). The first-order valence-electron chi connectivity index (χ1n) is 9.62. The van der Waals surface area contributed by atoms with E-state index in [2.05, 4.69) is 14.9 Å². The summed E-state index contributed by atoms with van der Waals surface area (Å²) >= 11 is 0. The highest BCUT2D eigenvalue weighted by Crippen LogP contribution is 2.28. The zero-order chi connectivity index (χ0) is 19.0. The van der Waals surface area contributed by atoms with Crippen LogP contribution in [0.2, 0.25) is 0 Å². The van der Waals surface area contributed by atoms with E-state index in [1.165, 1.54) is 0 Å². The predicted octanol–water partition coefficient (Wildman–Crippen LogP) is 1.66. The van der Waals surface area contributed by atoms with Gasteiger partial charge in [-0.15, -0.1) is 0 Å². The Morgan fingerprint density at radius 1 is 1.37 bits per heavy atom. The molecule has 27 heavy (non-hydrogen) atoms. The first kappa shape index (κ1) is 18.1. The number of nitrogens with one attached hydrogen (secondary N) is 1. The molecule has 0 aliphatic carbocycles. The standard InChI is InChI=1S/C20H26N4O3/c1-13-17-9-15(14(2)25)10-22-20(17)24-7-6-23(11-18(13)24)19(26)4-8-27-12-16-3-5-21-16/h9-10,16,21H,3-8,11-12H2,1-2H3. The smallest absolute Gasteiger partial charge is 0.225 e.